The van der Waals surface area contributed by atoms with E-state index >= 15 is 0 Å². The molecule has 2 atom stereocenters. The predicted octanol–water partition coefficient (Wildman–Crippen LogP) is 5.46. The van der Waals surface area contributed by atoms with Crippen molar-refractivity contribution in [3.05, 3.63) is 24.3 Å². The zero-order chi connectivity index (χ0) is 13.5. The fourth-order valence-electron chi connectivity index (χ4n) is 1.86. The molecule has 0 saturated heterocycles. The molecule has 2 unspecified atom stereocenters. The highest BCUT2D eigenvalue weighted by atomic mass is 15.2. The Labute approximate surface area is 112 Å². The molecule has 1 heterocycles. The van der Waals surface area contributed by atoms with Gasteiger partial charge in [-0.3, -0.25) is 0 Å². The molecule has 0 spiro atoms. The number of hydrogen-bond donors (Lipinski definition) is 0. The van der Waals surface area contributed by atoms with Crippen LogP contribution in [0, 0.1) is 0 Å². The Balaban J connectivity index is 2.92. The molecule has 0 amide bonds. The van der Waals surface area contributed by atoms with E-state index in [9.17, 15) is 0 Å². The molecule has 0 aromatic carbocycles. The second kappa shape index (κ2) is 6.86. The molecule has 1 aliphatic rings. The summed E-state index contributed by atoms with van der Waals surface area (Å²) in [4.78, 5) is 0. The van der Waals surface area contributed by atoms with Gasteiger partial charge in [-0.2, -0.15) is 10.2 Å². The van der Waals surface area contributed by atoms with Crippen LogP contribution in [0.5, 0.6) is 0 Å². The predicted molar refractivity (Wildman–Crippen MR) is 79.0 cm³/mol. The van der Waals surface area contributed by atoms with Crippen LogP contribution in [0.3, 0.4) is 0 Å². The van der Waals surface area contributed by atoms with Crippen LogP contribution in [0.2, 0.25) is 0 Å². The van der Waals surface area contributed by atoms with Crippen LogP contribution in [-0.2, 0) is 0 Å². The first-order valence-corrected chi connectivity index (χ1v) is 7.28. The lowest BCUT2D eigenvalue weighted by molar-refractivity contribution is 0.368. The summed E-state index contributed by atoms with van der Waals surface area (Å²) in [5.74, 6) is 0. The average molecular weight is 248 g/mol. The SMILES string of the molecule is CCC1(C)CC=CCCC=CCC(C)(CC)N=N1. The molecule has 0 saturated carbocycles. The minimum absolute atomic E-state index is 0.0319. The van der Waals surface area contributed by atoms with Crippen LogP contribution in [0.25, 0.3) is 0 Å². The van der Waals surface area contributed by atoms with Gasteiger partial charge in [-0.05, 0) is 52.4 Å². The van der Waals surface area contributed by atoms with Crippen molar-refractivity contribution in [2.24, 2.45) is 10.2 Å². The van der Waals surface area contributed by atoms with Gasteiger partial charge >= 0.3 is 0 Å². The molecule has 1 aliphatic heterocycles. The third-order valence-electron chi connectivity index (χ3n) is 4.00. The number of hydrogen-bond acceptors (Lipinski definition) is 2. The number of nitrogens with zero attached hydrogens (tertiary/aromatic N) is 2. The Morgan fingerprint density at radius 2 is 1.17 bits per heavy atom. The first kappa shape index (κ1) is 15.1. The summed E-state index contributed by atoms with van der Waals surface area (Å²) in [7, 11) is 0. The average Bonchev–Trinajstić information content (AvgIpc) is 2.38. The Morgan fingerprint density at radius 3 is 1.50 bits per heavy atom. The van der Waals surface area contributed by atoms with E-state index in [1.165, 1.54) is 0 Å². The minimum atomic E-state index is -0.0319. The lowest BCUT2D eigenvalue weighted by atomic mass is 9.93. The number of allylic oxidation sites excluding steroid dienone is 2. The molecule has 18 heavy (non-hydrogen) atoms. The molecule has 102 valence electrons. The summed E-state index contributed by atoms with van der Waals surface area (Å²) >= 11 is 0. The molecule has 2 heteroatoms. The standard InChI is InChI=1S/C16H28N2/c1-5-15(3)13-11-9-7-8-10-12-14-16(4,6-2)18-17-15/h9-12H,5-8,13-14H2,1-4H3. The molecule has 0 fully saturated rings. The van der Waals surface area contributed by atoms with Crippen molar-refractivity contribution in [3.8, 4) is 0 Å². The highest BCUT2D eigenvalue weighted by Gasteiger charge is 2.24. The van der Waals surface area contributed by atoms with Crippen molar-refractivity contribution < 1.29 is 0 Å². The molecule has 1 rings (SSSR count). The largest absolute Gasteiger partial charge is 0.187 e. The van der Waals surface area contributed by atoms with Crippen molar-refractivity contribution >= 4 is 0 Å². The molecule has 0 aromatic rings. The van der Waals surface area contributed by atoms with Gasteiger partial charge in [0, 0.05) is 0 Å². The van der Waals surface area contributed by atoms with E-state index in [0.717, 1.165) is 38.5 Å². The van der Waals surface area contributed by atoms with Gasteiger partial charge in [0.25, 0.3) is 0 Å². The zero-order valence-corrected chi connectivity index (χ0v) is 12.4. The maximum Gasteiger partial charge on any atom is 0.0819 e. The summed E-state index contributed by atoms with van der Waals surface area (Å²) in [5, 5.41) is 9.34. The number of azo groups is 1. The quantitative estimate of drug-likeness (QED) is 0.579. The molecular formula is C16H28N2. The lowest BCUT2D eigenvalue weighted by Gasteiger charge is -2.26. The molecule has 0 aliphatic carbocycles. The van der Waals surface area contributed by atoms with Gasteiger partial charge in [0.1, 0.15) is 0 Å². The topological polar surface area (TPSA) is 24.7 Å². The summed E-state index contributed by atoms with van der Waals surface area (Å²) in [6.07, 6.45) is 15.4. The van der Waals surface area contributed by atoms with Gasteiger partial charge in [-0.1, -0.05) is 38.2 Å². The summed E-state index contributed by atoms with van der Waals surface area (Å²) in [6, 6.07) is 0. The van der Waals surface area contributed by atoms with Gasteiger partial charge in [0.15, 0.2) is 0 Å². The van der Waals surface area contributed by atoms with E-state index in [1.807, 2.05) is 0 Å². The molecule has 0 radical (unpaired) electrons. The van der Waals surface area contributed by atoms with Crippen molar-refractivity contribution in [2.75, 3.05) is 0 Å². The Morgan fingerprint density at radius 1 is 0.778 bits per heavy atom. The van der Waals surface area contributed by atoms with Gasteiger partial charge in [-0.25, -0.2) is 0 Å². The van der Waals surface area contributed by atoms with Gasteiger partial charge in [-0.15, -0.1) is 0 Å². The van der Waals surface area contributed by atoms with Crippen LogP contribution >= 0.6 is 0 Å². The van der Waals surface area contributed by atoms with Crippen LogP contribution in [0.15, 0.2) is 34.5 Å². The van der Waals surface area contributed by atoms with Gasteiger partial charge in [0.05, 0.1) is 11.1 Å². The van der Waals surface area contributed by atoms with Crippen LogP contribution in [-0.4, -0.2) is 11.1 Å². The highest BCUT2D eigenvalue weighted by Crippen LogP contribution is 2.27. The van der Waals surface area contributed by atoms with E-state index in [1.54, 1.807) is 0 Å². The van der Waals surface area contributed by atoms with E-state index in [2.05, 4.69) is 62.2 Å². The first-order chi connectivity index (χ1) is 8.54. The fraction of sp³-hybridized carbons (Fsp3) is 0.750. The Hall–Kier alpha value is -0.920. The number of rotatable bonds is 2. The molecule has 0 bridgehead atoms. The van der Waals surface area contributed by atoms with E-state index in [4.69, 9.17) is 0 Å². The molecule has 0 aromatic heterocycles. The first-order valence-electron chi connectivity index (χ1n) is 7.28. The lowest BCUT2D eigenvalue weighted by Crippen LogP contribution is -2.24. The maximum absolute atomic E-state index is 4.67. The van der Waals surface area contributed by atoms with Crippen molar-refractivity contribution in [2.45, 2.75) is 77.3 Å². The van der Waals surface area contributed by atoms with E-state index < -0.39 is 0 Å². The Kier molecular flexibility index (Phi) is 5.77. The van der Waals surface area contributed by atoms with Crippen LogP contribution < -0.4 is 0 Å². The second-order valence-corrected chi connectivity index (χ2v) is 5.83. The maximum atomic E-state index is 4.67. The molecule has 2 nitrogen and oxygen atoms in total. The third-order valence-corrected chi connectivity index (χ3v) is 4.00. The Bertz CT molecular complexity index is 298. The smallest absolute Gasteiger partial charge is 0.0819 e. The summed E-state index contributed by atoms with van der Waals surface area (Å²) in [5.41, 5.74) is -0.0638. The van der Waals surface area contributed by atoms with Crippen molar-refractivity contribution in [1.82, 2.24) is 0 Å². The van der Waals surface area contributed by atoms with Crippen molar-refractivity contribution in [1.29, 1.82) is 0 Å². The van der Waals surface area contributed by atoms with Crippen LogP contribution in [0.4, 0.5) is 0 Å². The van der Waals surface area contributed by atoms with Gasteiger partial charge < -0.3 is 0 Å². The van der Waals surface area contributed by atoms with Gasteiger partial charge in [0.2, 0.25) is 0 Å². The van der Waals surface area contributed by atoms with Crippen LogP contribution in [0.1, 0.15) is 66.2 Å². The third kappa shape index (κ3) is 4.75. The zero-order valence-electron chi connectivity index (χ0n) is 12.4. The monoisotopic (exact) mass is 248 g/mol. The molecule has 0 N–H and O–H groups in total. The van der Waals surface area contributed by atoms with E-state index in [-0.39, 0.29) is 11.1 Å². The van der Waals surface area contributed by atoms with E-state index in [0.29, 0.717) is 0 Å². The summed E-state index contributed by atoms with van der Waals surface area (Å²) in [6.45, 7) is 8.81. The molecular weight excluding hydrogens is 220 g/mol. The second-order valence-electron chi connectivity index (χ2n) is 5.83. The normalized spacial score (nSPS) is 34.0. The fourth-order valence-corrected chi connectivity index (χ4v) is 1.86. The minimum Gasteiger partial charge on any atom is -0.187 e. The highest BCUT2D eigenvalue weighted by molar-refractivity contribution is 4.98. The van der Waals surface area contributed by atoms with Crippen molar-refractivity contribution in [3.63, 3.8) is 0 Å². The summed E-state index contributed by atoms with van der Waals surface area (Å²) < 4.78 is 0.